The largest absolute Gasteiger partial charge is 0.481 e. The van der Waals surface area contributed by atoms with Gasteiger partial charge in [0, 0.05) is 18.7 Å². The third-order valence-corrected chi connectivity index (χ3v) is 2.00. The van der Waals surface area contributed by atoms with Crippen molar-refractivity contribution < 1.29 is 23.1 Å². The maximum atomic E-state index is 12.4. The molecule has 0 atom stereocenters. The van der Waals surface area contributed by atoms with Gasteiger partial charge in [0.05, 0.1) is 0 Å². The van der Waals surface area contributed by atoms with Crippen molar-refractivity contribution in [2.24, 2.45) is 0 Å². The highest BCUT2D eigenvalue weighted by molar-refractivity contribution is 5.66. The van der Waals surface area contributed by atoms with E-state index in [1.807, 2.05) is 0 Å². The van der Waals surface area contributed by atoms with E-state index in [1.165, 1.54) is 6.92 Å². The lowest BCUT2D eigenvalue weighted by Crippen LogP contribution is -2.13. The molecule has 18 heavy (non-hydrogen) atoms. The van der Waals surface area contributed by atoms with Crippen LogP contribution >= 0.6 is 0 Å². The normalized spacial score (nSPS) is 11.3. The number of carboxylic acids is 1. The van der Waals surface area contributed by atoms with E-state index in [0.29, 0.717) is 0 Å². The Morgan fingerprint density at radius 1 is 1.44 bits per heavy atom. The van der Waals surface area contributed by atoms with Crippen molar-refractivity contribution in [2.75, 3.05) is 11.9 Å². The maximum absolute atomic E-state index is 12.4. The van der Waals surface area contributed by atoms with E-state index in [2.05, 4.69) is 15.3 Å². The number of anilines is 1. The van der Waals surface area contributed by atoms with Crippen molar-refractivity contribution >= 4 is 11.9 Å². The number of carbonyl (C=O) groups is 1. The van der Waals surface area contributed by atoms with Gasteiger partial charge in [-0.05, 0) is 19.4 Å². The topological polar surface area (TPSA) is 75.1 Å². The Bertz CT molecular complexity index is 435. The molecule has 2 N–H and O–H groups in total. The molecule has 100 valence electrons. The Balaban J connectivity index is 2.66. The summed E-state index contributed by atoms with van der Waals surface area (Å²) in [6.45, 7) is 1.63. The predicted molar refractivity (Wildman–Crippen MR) is 57.1 cm³/mol. The second-order valence-corrected chi connectivity index (χ2v) is 3.64. The number of aliphatic carboxylic acids is 1. The number of nitrogens with one attached hydrogen (secondary N) is 1. The van der Waals surface area contributed by atoms with Crippen molar-refractivity contribution in [1.82, 2.24) is 9.97 Å². The van der Waals surface area contributed by atoms with Gasteiger partial charge in [-0.3, -0.25) is 4.79 Å². The highest BCUT2D eigenvalue weighted by Crippen LogP contribution is 2.28. The average molecular weight is 263 g/mol. The molecule has 5 nitrogen and oxygen atoms in total. The molecule has 1 aromatic heterocycles. The number of aromatic nitrogens is 2. The van der Waals surface area contributed by atoms with Crippen LogP contribution in [0.4, 0.5) is 19.1 Å². The van der Waals surface area contributed by atoms with Crippen LogP contribution in [0.15, 0.2) is 6.07 Å². The van der Waals surface area contributed by atoms with Crippen LogP contribution in [0, 0.1) is 6.92 Å². The Kier molecular flexibility index (Phi) is 4.46. The molecular formula is C10H12F3N3O2. The highest BCUT2D eigenvalue weighted by Gasteiger charge is 2.33. The van der Waals surface area contributed by atoms with Gasteiger partial charge in [-0.2, -0.15) is 13.2 Å². The molecule has 0 saturated heterocycles. The quantitative estimate of drug-likeness (QED) is 0.795. The van der Waals surface area contributed by atoms with E-state index in [4.69, 9.17) is 5.11 Å². The molecule has 0 unspecified atom stereocenters. The Hall–Kier alpha value is -1.86. The van der Waals surface area contributed by atoms with Crippen LogP contribution in [0.5, 0.6) is 0 Å². The number of aryl methyl sites for hydroxylation is 1. The Morgan fingerprint density at radius 2 is 2.11 bits per heavy atom. The number of nitrogens with zero attached hydrogens (tertiary/aromatic N) is 2. The van der Waals surface area contributed by atoms with Crippen LogP contribution in [0.25, 0.3) is 0 Å². The lowest BCUT2D eigenvalue weighted by molar-refractivity contribution is -0.141. The minimum Gasteiger partial charge on any atom is -0.481 e. The molecule has 1 aromatic rings. The van der Waals surface area contributed by atoms with Crippen molar-refractivity contribution in [2.45, 2.75) is 25.9 Å². The SMILES string of the molecule is Cc1cc(C(F)(F)F)nc(NCCCC(=O)O)n1. The molecule has 0 aliphatic carbocycles. The van der Waals surface area contributed by atoms with Crippen LogP contribution in [0.2, 0.25) is 0 Å². The highest BCUT2D eigenvalue weighted by atomic mass is 19.4. The van der Waals surface area contributed by atoms with Gasteiger partial charge in [0.2, 0.25) is 5.95 Å². The fraction of sp³-hybridized carbons (Fsp3) is 0.500. The number of hydrogen-bond acceptors (Lipinski definition) is 4. The molecule has 0 spiro atoms. The molecule has 0 aliphatic heterocycles. The summed E-state index contributed by atoms with van der Waals surface area (Å²) >= 11 is 0. The Morgan fingerprint density at radius 3 is 2.67 bits per heavy atom. The molecule has 0 saturated carbocycles. The average Bonchev–Trinajstić information content (AvgIpc) is 2.22. The number of hydrogen-bond donors (Lipinski definition) is 2. The summed E-state index contributed by atoms with van der Waals surface area (Å²) in [5, 5.41) is 11.0. The molecule has 1 rings (SSSR count). The zero-order valence-corrected chi connectivity index (χ0v) is 9.58. The van der Waals surface area contributed by atoms with Gasteiger partial charge in [0.1, 0.15) is 5.69 Å². The third kappa shape index (κ3) is 4.56. The zero-order valence-electron chi connectivity index (χ0n) is 9.58. The fourth-order valence-electron chi connectivity index (χ4n) is 1.23. The van der Waals surface area contributed by atoms with Crippen LogP contribution in [-0.4, -0.2) is 27.6 Å². The summed E-state index contributed by atoms with van der Waals surface area (Å²) in [6, 6.07) is 0.850. The van der Waals surface area contributed by atoms with Crippen molar-refractivity contribution in [3.05, 3.63) is 17.5 Å². The predicted octanol–water partition coefficient (Wildman–Crippen LogP) is 2.08. The Labute approximate surface area is 101 Å². The minimum atomic E-state index is -4.52. The number of alkyl halides is 3. The van der Waals surface area contributed by atoms with Crippen molar-refractivity contribution in [3.63, 3.8) is 0 Å². The maximum Gasteiger partial charge on any atom is 0.433 e. The van der Waals surface area contributed by atoms with E-state index >= 15 is 0 Å². The standard InChI is InChI=1S/C10H12F3N3O2/c1-6-5-7(10(11,12)13)16-9(15-6)14-4-2-3-8(17)18/h5H,2-4H2,1H3,(H,17,18)(H,14,15,16). The van der Waals surface area contributed by atoms with Crippen molar-refractivity contribution in [1.29, 1.82) is 0 Å². The molecule has 0 radical (unpaired) electrons. The summed E-state index contributed by atoms with van der Waals surface area (Å²) in [4.78, 5) is 17.4. The lowest BCUT2D eigenvalue weighted by atomic mass is 10.3. The van der Waals surface area contributed by atoms with Gasteiger partial charge in [-0.15, -0.1) is 0 Å². The third-order valence-electron chi connectivity index (χ3n) is 2.00. The summed E-state index contributed by atoms with van der Waals surface area (Å²) in [6.07, 6.45) is -4.30. The second-order valence-electron chi connectivity index (χ2n) is 3.64. The van der Waals surface area contributed by atoms with Gasteiger partial charge >= 0.3 is 12.1 Å². The molecule has 0 aromatic carbocycles. The fourth-order valence-corrected chi connectivity index (χ4v) is 1.23. The minimum absolute atomic E-state index is 0.0645. The molecule has 1 heterocycles. The molecule has 0 amide bonds. The van der Waals surface area contributed by atoms with Crippen LogP contribution in [0.1, 0.15) is 24.2 Å². The molecule has 0 aliphatic rings. The first-order valence-corrected chi connectivity index (χ1v) is 5.17. The first-order valence-electron chi connectivity index (χ1n) is 5.17. The first kappa shape index (κ1) is 14.2. The first-order chi connectivity index (χ1) is 8.29. The number of rotatable bonds is 5. The number of halogens is 3. The summed E-state index contributed by atoms with van der Waals surface area (Å²) in [5.41, 5.74) is -0.825. The second kappa shape index (κ2) is 5.65. The van der Waals surface area contributed by atoms with E-state index in [-0.39, 0.29) is 31.0 Å². The van der Waals surface area contributed by atoms with E-state index < -0.39 is 17.8 Å². The van der Waals surface area contributed by atoms with Crippen molar-refractivity contribution in [3.8, 4) is 0 Å². The van der Waals surface area contributed by atoms with Gasteiger partial charge in [-0.1, -0.05) is 0 Å². The molecule has 8 heteroatoms. The monoisotopic (exact) mass is 263 g/mol. The van der Waals surface area contributed by atoms with E-state index in [0.717, 1.165) is 6.07 Å². The van der Waals surface area contributed by atoms with Gasteiger partial charge in [0.25, 0.3) is 0 Å². The van der Waals surface area contributed by atoms with Gasteiger partial charge < -0.3 is 10.4 Å². The smallest absolute Gasteiger partial charge is 0.433 e. The van der Waals surface area contributed by atoms with Gasteiger partial charge in [-0.25, -0.2) is 9.97 Å². The summed E-state index contributed by atoms with van der Waals surface area (Å²) in [5.74, 6) is -1.11. The summed E-state index contributed by atoms with van der Waals surface area (Å²) < 4.78 is 37.3. The van der Waals surface area contributed by atoms with E-state index in [1.54, 1.807) is 0 Å². The number of carboxylic acid groups (broad SMARTS) is 1. The van der Waals surface area contributed by atoms with Crippen LogP contribution in [-0.2, 0) is 11.0 Å². The zero-order chi connectivity index (χ0) is 13.8. The molecule has 0 bridgehead atoms. The summed E-state index contributed by atoms with van der Waals surface area (Å²) in [7, 11) is 0. The molecular weight excluding hydrogens is 251 g/mol. The molecule has 0 fully saturated rings. The van der Waals surface area contributed by atoms with E-state index in [9.17, 15) is 18.0 Å². The lowest BCUT2D eigenvalue weighted by Gasteiger charge is -2.09. The van der Waals surface area contributed by atoms with Crippen LogP contribution in [0.3, 0.4) is 0 Å². The van der Waals surface area contributed by atoms with Crippen LogP contribution < -0.4 is 5.32 Å². The van der Waals surface area contributed by atoms with Gasteiger partial charge in [0.15, 0.2) is 0 Å².